The van der Waals surface area contributed by atoms with Gasteiger partial charge in [-0.3, -0.25) is 9.59 Å². The molecule has 2 atom stereocenters. The smallest absolute Gasteiger partial charge is 0.309 e. The molecule has 2 unspecified atom stereocenters. The summed E-state index contributed by atoms with van der Waals surface area (Å²) in [5, 5.41) is 9.47. The van der Waals surface area contributed by atoms with Gasteiger partial charge in [-0.25, -0.2) is 0 Å². The minimum Gasteiger partial charge on any atom is -0.481 e. The van der Waals surface area contributed by atoms with Crippen LogP contribution in [0.4, 0.5) is 0 Å². The van der Waals surface area contributed by atoms with Gasteiger partial charge < -0.3 is 10.0 Å². The van der Waals surface area contributed by atoms with E-state index in [2.05, 4.69) is 0 Å². The molecule has 4 nitrogen and oxygen atoms in total. The SMILES string of the molecule is Cc1cccc(C)c1C1C(C(=O)O)CC(=O)N1C(C)C. The van der Waals surface area contributed by atoms with E-state index in [1.165, 1.54) is 0 Å². The normalized spacial score (nSPS) is 22.6. The number of amides is 1. The van der Waals surface area contributed by atoms with Gasteiger partial charge in [-0.05, 0) is 44.4 Å². The number of carboxylic acid groups (broad SMARTS) is 1. The maximum atomic E-state index is 12.2. The lowest BCUT2D eigenvalue weighted by atomic mass is 9.87. The van der Waals surface area contributed by atoms with Gasteiger partial charge in [-0.15, -0.1) is 0 Å². The Balaban J connectivity index is 2.58. The molecule has 108 valence electrons. The lowest BCUT2D eigenvalue weighted by Crippen LogP contribution is -2.36. The molecule has 1 saturated heterocycles. The van der Waals surface area contributed by atoms with Crippen LogP contribution in [0.25, 0.3) is 0 Å². The van der Waals surface area contributed by atoms with Crippen LogP contribution < -0.4 is 0 Å². The molecule has 1 N–H and O–H groups in total. The summed E-state index contributed by atoms with van der Waals surface area (Å²) < 4.78 is 0. The maximum absolute atomic E-state index is 12.2. The lowest BCUT2D eigenvalue weighted by Gasteiger charge is -2.32. The van der Waals surface area contributed by atoms with Gasteiger partial charge in [0.05, 0.1) is 12.0 Å². The number of benzene rings is 1. The molecule has 1 aromatic carbocycles. The number of carbonyl (C=O) groups is 2. The average molecular weight is 275 g/mol. The highest BCUT2D eigenvalue weighted by molar-refractivity contribution is 5.87. The van der Waals surface area contributed by atoms with Crippen LogP contribution in [0.3, 0.4) is 0 Å². The van der Waals surface area contributed by atoms with Gasteiger partial charge in [-0.1, -0.05) is 18.2 Å². The quantitative estimate of drug-likeness (QED) is 0.922. The van der Waals surface area contributed by atoms with Crippen molar-refractivity contribution in [2.24, 2.45) is 5.92 Å². The zero-order chi connectivity index (χ0) is 15.0. The molecule has 0 aliphatic carbocycles. The summed E-state index contributed by atoms with van der Waals surface area (Å²) in [7, 11) is 0. The Kier molecular flexibility index (Phi) is 3.84. The van der Waals surface area contributed by atoms with Crippen molar-refractivity contribution >= 4 is 11.9 Å². The first-order valence-corrected chi connectivity index (χ1v) is 6.94. The van der Waals surface area contributed by atoms with Crippen LogP contribution in [-0.2, 0) is 9.59 Å². The molecule has 0 aromatic heterocycles. The van der Waals surface area contributed by atoms with E-state index in [4.69, 9.17) is 0 Å². The summed E-state index contributed by atoms with van der Waals surface area (Å²) in [5.41, 5.74) is 3.07. The molecule has 1 aliphatic heterocycles. The second-order valence-corrected chi connectivity index (χ2v) is 5.79. The van der Waals surface area contributed by atoms with E-state index in [0.717, 1.165) is 16.7 Å². The van der Waals surface area contributed by atoms with Crippen LogP contribution >= 0.6 is 0 Å². The van der Waals surface area contributed by atoms with Crippen LogP contribution in [0, 0.1) is 19.8 Å². The highest BCUT2D eigenvalue weighted by atomic mass is 16.4. The molecule has 0 radical (unpaired) electrons. The van der Waals surface area contributed by atoms with Gasteiger partial charge in [0.15, 0.2) is 0 Å². The summed E-state index contributed by atoms with van der Waals surface area (Å²) >= 11 is 0. The largest absolute Gasteiger partial charge is 0.481 e. The number of rotatable bonds is 3. The average Bonchev–Trinajstić information content (AvgIpc) is 2.67. The predicted molar refractivity (Wildman–Crippen MR) is 76.4 cm³/mol. The van der Waals surface area contributed by atoms with Crippen molar-refractivity contribution in [1.82, 2.24) is 4.90 Å². The number of aliphatic carboxylic acids is 1. The van der Waals surface area contributed by atoms with Crippen molar-refractivity contribution in [3.05, 3.63) is 34.9 Å². The summed E-state index contributed by atoms with van der Waals surface area (Å²) in [6.07, 6.45) is 0.0892. The third-order valence-electron chi connectivity index (χ3n) is 4.07. The number of nitrogens with zero attached hydrogens (tertiary/aromatic N) is 1. The molecular weight excluding hydrogens is 254 g/mol. The van der Waals surface area contributed by atoms with Gasteiger partial charge >= 0.3 is 5.97 Å². The van der Waals surface area contributed by atoms with E-state index < -0.39 is 11.9 Å². The van der Waals surface area contributed by atoms with Crippen molar-refractivity contribution in [3.8, 4) is 0 Å². The predicted octanol–water partition coefficient (Wildman–Crippen LogP) is 2.69. The number of hydrogen-bond donors (Lipinski definition) is 1. The number of aryl methyl sites for hydroxylation is 2. The van der Waals surface area contributed by atoms with Gasteiger partial charge in [0.1, 0.15) is 0 Å². The van der Waals surface area contributed by atoms with Crippen molar-refractivity contribution < 1.29 is 14.7 Å². The molecule has 2 rings (SSSR count). The zero-order valence-electron chi connectivity index (χ0n) is 12.4. The molecule has 20 heavy (non-hydrogen) atoms. The summed E-state index contributed by atoms with van der Waals surface area (Å²) in [4.78, 5) is 25.5. The Morgan fingerprint density at radius 1 is 1.30 bits per heavy atom. The third kappa shape index (κ3) is 2.30. The topological polar surface area (TPSA) is 57.6 Å². The Morgan fingerprint density at radius 3 is 2.30 bits per heavy atom. The Hall–Kier alpha value is -1.84. The fourth-order valence-corrected chi connectivity index (χ4v) is 3.22. The first kappa shape index (κ1) is 14.6. The second-order valence-electron chi connectivity index (χ2n) is 5.79. The molecule has 1 heterocycles. The van der Waals surface area contributed by atoms with Crippen LogP contribution in [0.5, 0.6) is 0 Å². The van der Waals surface area contributed by atoms with Crippen LogP contribution in [-0.4, -0.2) is 27.9 Å². The first-order valence-electron chi connectivity index (χ1n) is 6.94. The molecule has 0 spiro atoms. The van der Waals surface area contributed by atoms with E-state index in [1.54, 1.807) is 4.90 Å². The number of hydrogen-bond acceptors (Lipinski definition) is 2. The van der Waals surface area contributed by atoms with Gasteiger partial charge in [-0.2, -0.15) is 0 Å². The molecule has 0 saturated carbocycles. The van der Waals surface area contributed by atoms with Crippen molar-refractivity contribution in [3.63, 3.8) is 0 Å². The summed E-state index contributed by atoms with van der Waals surface area (Å²) in [6, 6.07) is 5.54. The van der Waals surface area contributed by atoms with E-state index in [1.807, 2.05) is 45.9 Å². The molecule has 1 fully saturated rings. The van der Waals surface area contributed by atoms with Crippen molar-refractivity contribution in [2.45, 2.75) is 46.2 Å². The van der Waals surface area contributed by atoms with E-state index in [-0.39, 0.29) is 24.4 Å². The van der Waals surface area contributed by atoms with E-state index >= 15 is 0 Å². The number of likely N-dealkylation sites (tertiary alicyclic amines) is 1. The van der Waals surface area contributed by atoms with Crippen LogP contribution in [0.1, 0.15) is 43.0 Å². The molecule has 1 aromatic rings. The van der Waals surface area contributed by atoms with Gasteiger partial charge in [0, 0.05) is 12.5 Å². The van der Waals surface area contributed by atoms with E-state index in [9.17, 15) is 14.7 Å². The molecule has 1 amide bonds. The molecule has 4 heteroatoms. The minimum absolute atomic E-state index is 0.00384. The first-order chi connectivity index (χ1) is 9.34. The number of carboxylic acids is 1. The Morgan fingerprint density at radius 2 is 1.85 bits per heavy atom. The monoisotopic (exact) mass is 275 g/mol. The number of carbonyl (C=O) groups excluding carboxylic acids is 1. The Bertz CT molecular complexity index is 530. The third-order valence-corrected chi connectivity index (χ3v) is 4.07. The standard InChI is InChI=1S/C16H21NO3/c1-9(2)17-13(18)8-12(16(19)20)15(17)14-10(3)6-5-7-11(14)4/h5-7,9,12,15H,8H2,1-4H3,(H,19,20). The molecule has 1 aliphatic rings. The van der Waals surface area contributed by atoms with E-state index in [0.29, 0.717) is 0 Å². The minimum atomic E-state index is -0.894. The summed E-state index contributed by atoms with van der Waals surface area (Å²) in [5.74, 6) is -1.63. The van der Waals surface area contributed by atoms with Gasteiger partial charge in [0.2, 0.25) is 5.91 Å². The van der Waals surface area contributed by atoms with Crippen molar-refractivity contribution in [2.75, 3.05) is 0 Å². The van der Waals surface area contributed by atoms with Crippen LogP contribution in [0.15, 0.2) is 18.2 Å². The fraction of sp³-hybridized carbons (Fsp3) is 0.500. The maximum Gasteiger partial charge on any atom is 0.309 e. The Labute approximate surface area is 119 Å². The lowest BCUT2D eigenvalue weighted by molar-refractivity contribution is -0.142. The van der Waals surface area contributed by atoms with Crippen molar-refractivity contribution in [1.29, 1.82) is 0 Å². The molecule has 0 bridgehead atoms. The summed E-state index contributed by atoms with van der Waals surface area (Å²) in [6.45, 7) is 7.82. The fourth-order valence-electron chi connectivity index (χ4n) is 3.22. The van der Waals surface area contributed by atoms with Gasteiger partial charge in [0.25, 0.3) is 0 Å². The highest BCUT2D eigenvalue weighted by Crippen LogP contribution is 2.42. The second kappa shape index (κ2) is 5.27. The molecular formula is C16H21NO3. The zero-order valence-corrected chi connectivity index (χ0v) is 12.4. The van der Waals surface area contributed by atoms with Crippen LogP contribution in [0.2, 0.25) is 0 Å². The highest BCUT2D eigenvalue weighted by Gasteiger charge is 2.46.